The molecule has 0 aliphatic heterocycles. The third-order valence-electron chi connectivity index (χ3n) is 3.13. The molecule has 0 aliphatic carbocycles. The molecule has 0 saturated carbocycles. The fourth-order valence-corrected chi connectivity index (χ4v) is 1.53. The Kier molecular flexibility index (Phi) is 4.75. The van der Waals surface area contributed by atoms with E-state index in [1.807, 2.05) is 58.0 Å². The zero-order chi connectivity index (χ0) is 13.1. The summed E-state index contributed by atoms with van der Waals surface area (Å²) in [4.78, 5) is 12.4. The predicted octanol–water partition coefficient (Wildman–Crippen LogP) is 3.47. The van der Waals surface area contributed by atoms with E-state index in [-0.39, 0.29) is 22.2 Å². The smallest absolute Gasteiger partial charge is 0.227 e. The molecule has 1 amide bonds. The summed E-state index contributed by atoms with van der Waals surface area (Å²) in [6.45, 7) is 8.00. The summed E-state index contributed by atoms with van der Waals surface area (Å²) in [7, 11) is 0. The van der Waals surface area contributed by atoms with Crippen LogP contribution in [0.5, 0.6) is 0 Å². The van der Waals surface area contributed by atoms with Crippen LogP contribution in [-0.4, -0.2) is 16.3 Å². The standard InChI is InChI=1S/C14H20BrNO/c1-10(12-8-6-5-7-9-12)13(17)16-14(3,4)11(2)15/h5-11H,1-4H3,(H,16,17). The van der Waals surface area contributed by atoms with Crippen molar-refractivity contribution in [2.24, 2.45) is 0 Å². The number of carbonyl (C=O) groups excluding carboxylic acids is 1. The zero-order valence-electron chi connectivity index (χ0n) is 10.8. The molecular formula is C14H20BrNO. The molecule has 2 nitrogen and oxygen atoms in total. The summed E-state index contributed by atoms with van der Waals surface area (Å²) in [6, 6.07) is 9.83. The van der Waals surface area contributed by atoms with E-state index >= 15 is 0 Å². The Labute approximate surface area is 112 Å². The van der Waals surface area contributed by atoms with Crippen molar-refractivity contribution >= 4 is 21.8 Å². The van der Waals surface area contributed by atoms with Crippen molar-refractivity contribution in [3.05, 3.63) is 35.9 Å². The van der Waals surface area contributed by atoms with Gasteiger partial charge in [0.05, 0.1) is 5.92 Å². The summed E-state index contributed by atoms with van der Waals surface area (Å²) in [5, 5.41) is 3.07. The Balaban J connectivity index is 2.72. The number of rotatable bonds is 4. The highest BCUT2D eigenvalue weighted by atomic mass is 79.9. The van der Waals surface area contributed by atoms with Crippen LogP contribution in [0, 0.1) is 0 Å². The first-order valence-electron chi connectivity index (χ1n) is 5.85. The van der Waals surface area contributed by atoms with Crippen LogP contribution in [0.4, 0.5) is 0 Å². The second-order valence-electron chi connectivity index (χ2n) is 4.96. The Bertz CT molecular complexity index is 373. The lowest BCUT2D eigenvalue weighted by atomic mass is 9.96. The molecule has 1 rings (SSSR count). The molecule has 0 aliphatic rings. The minimum absolute atomic E-state index is 0.0625. The maximum atomic E-state index is 12.1. The molecule has 0 bridgehead atoms. The molecule has 2 unspecified atom stereocenters. The van der Waals surface area contributed by atoms with Crippen molar-refractivity contribution < 1.29 is 4.79 Å². The molecule has 17 heavy (non-hydrogen) atoms. The normalized spacial score (nSPS) is 15.1. The van der Waals surface area contributed by atoms with Gasteiger partial charge in [0.25, 0.3) is 0 Å². The van der Waals surface area contributed by atoms with Crippen molar-refractivity contribution in [2.75, 3.05) is 0 Å². The molecule has 2 atom stereocenters. The SMILES string of the molecule is CC(C(=O)NC(C)(C)C(C)Br)c1ccccc1. The number of hydrogen-bond acceptors (Lipinski definition) is 1. The molecule has 94 valence electrons. The van der Waals surface area contributed by atoms with E-state index in [4.69, 9.17) is 0 Å². The zero-order valence-corrected chi connectivity index (χ0v) is 12.4. The predicted molar refractivity (Wildman–Crippen MR) is 75.5 cm³/mol. The van der Waals surface area contributed by atoms with Gasteiger partial charge in [0.1, 0.15) is 0 Å². The Morgan fingerprint density at radius 3 is 2.24 bits per heavy atom. The van der Waals surface area contributed by atoms with Gasteiger partial charge in [0, 0.05) is 10.4 Å². The average molecular weight is 298 g/mol. The molecule has 0 saturated heterocycles. The quantitative estimate of drug-likeness (QED) is 0.847. The summed E-state index contributed by atoms with van der Waals surface area (Å²) in [6.07, 6.45) is 0. The third-order valence-corrected chi connectivity index (χ3v) is 4.28. The molecular weight excluding hydrogens is 278 g/mol. The highest BCUT2D eigenvalue weighted by Crippen LogP contribution is 2.20. The molecule has 0 radical (unpaired) electrons. The highest BCUT2D eigenvalue weighted by Gasteiger charge is 2.28. The van der Waals surface area contributed by atoms with E-state index in [0.29, 0.717) is 0 Å². The van der Waals surface area contributed by atoms with Gasteiger partial charge in [-0.2, -0.15) is 0 Å². The minimum Gasteiger partial charge on any atom is -0.350 e. The van der Waals surface area contributed by atoms with Crippen LogP contribution in [0.25, 0.3) is 0 Å². The minimum atomic E-state index is -0.250. The second kappa shape index (κ2) is 5.67. The fraction of sp³-hybridized carbons (Fsp3) is 0.500. The van der Waals surface area contributed by atoms with Gasteiger partial charge < -0.3 is 5.32 Å². The lowest BCUT2D eigenvalue weighted by Gasteiger charge is -2.30. The number of amides is 1. The van der Waals surface area contributed by atoms with E-state index in [0.717, 1.165) is 5.56 Å². The van der Waals surface area contributed by atoms with Gasteiger partial charge in [-0.05, 0) is 26.3 Å². The van der Waals surface area contributed by atoms with Crippen molar-refractivity contribution in [2.45, 2.75) is 44.0 Å². The van der Waals surface area contributed by atoms with E-state index in [9.17, 15) is 4.79 Å². The van der Waals surface area contributed by atoms with Gasteiger partial charge in [-0.1, -0.05) is 53.2 Å². The van der Waals surface area contributed by atoms with E-state index in [2.05, 4.69) is 21.2 Å². The fourth-order valence-electron chi connectivity index (χ4n) is 1.42. The van der Waals surface area contributed by atoms with E-state index in [1.54, 1.807) is 0 Å². The molecule has 0 aromatic heterocycles. The van der Waals surface area contributed by atoms with Gasteiger partial charge in [-0.15, -0.1) is 0 Å². The van der Waals surface area contributed by atoms with Crippen molar-refractivity contribution in [3.63, 3.8) is 0 Å². The lowest BCUT2D eigenvalue weighted by Crippen LogP contribution is -2.50. The van der Waals surface area contributed by atoms with Crippen LogP contribution in [0.2, 0.25) is 0 Å². The van der Waals surface area contributed by atoms with Crippen molar-refractivity contribution in [1.82, 2.24) is 5.32 Å². The van der Waals surface area contributed by atoms with Gasteiger partial charge in [0.15, 0.2) is 0 Å². The Hall–Kier alpha value is -0.830. The van der Waals surface area contributed by atoms with Gasteiger partial charge in [0.2, 0.25) is 5.91 Å². The highest BCUT2D eigenvalue weighted by molar-refractivity contribution is 9.09. The first-order valence-corrected chi connectivity index (χ1v) is 6.77. The third kappa shape index (κ3) is 3.84. The molecule has 3 heteroatoms. The first-order chi connectivity index (χ1) is 7.84. The summed E-state index contributed by atoms with van der Waals surface area (Å²) < 4.78 is 0. The molecule has 1 N–H and O–H groups in total. The van der Waals surface area contributed by atoms with Gasteiger partial charge >= 0.3 is 0 Å². The number of benzene rings is 1. The molecule has 1 aromatic carbocycles. The summed E-state index contributed by atoms with van der Waals surface area (Å²) >= 11 is 3.52. The largest absolute Gasteiger partial charge is 0.350 e. The van der Waals surface area contributed by atoms with Crippen LogP contribution in [0.15, 0.2) is 30.3 Å². The van der Waals surface area contributed by atoms with Crippen LogP contribution in [0.3, 0.4) is 0 Å². The maximum Gasteiger partial charge on any atom is 0.227 e. The molecule has 1 aromatic rings. The monoisotopic (exact) mass is 297 g/mol. The lowest BCUT2D eigenvalue weighted by molar-refractivity contribution is -0.123. The Morgan fingerprint density at radius 1 is 1.24 bits per heavy atom. The summed E-state index contributed by atoms with van der Waals surface area (Å²) in [5.41, 5.74) is 0.795. The molecule has 0 fully saturated rings. The summed E-state index contributed by atoms with van der Waals surface area (Å²) in [5.74, 6) is -0.0609. The van der Waals surface area contributed by atoms with Crippen LogP contribution < -0.4 is 5.32 Å². The molecule has 0 spiro atoms. The van der Waals surface area contributed by atoms with Crippen LogP contribution >= 0.6 is 15.9 Å². The maximum absolute atomic E-state index is 12.1. The van der Waals surface area contributed by atoms with Crippen LogP contribution in [-0.2, 0) is 4.79 Å². The number of carbonyl (C=O) groups is 1. The van der Waals surface area contributed by atoms with Gasteiger partial charge in [-0.3, -0.25) is 4.79 Å². The second-order valence-corrected chi connectivity index (χ2v) is 6.33. The van der Waals surface area contributed by atoms with Crippen molar-refractivity contribution in [3.8, 4) is 0 Å². The van der Waals surface area contributed by atoms with E-state index < -0.39 is 0 Å². The molecule has 0 heterocycles. The van der Waals surface area contributed by atoms with Crippen molar-refractivity contribution in [1.29, 1.82) is 0 Å². The number of hydrogen-bond donors (Lipinski definition) is 1. The van der Waals surface area contributed by atoms with Gasteiger partial charge in [-0.25, -0.2) is 0 Å². The average Bonchev–Trinajstić information content (AvgIpc) is 2.28. The Morgan fingerprint density at radius 2 is 1.76 bits per heavy atom. The van der Waals surface area contributed by atoms with E-state index in [1.165, 1.54) is 0 Å². The number of halogens is 1. The first kappa shape index (κ1) is 14.2. The topological polar surface area (TPSA) is 29.1 Å². The van der Waals surface area contributed by atoms with Crippen LogP contribution in [0.1, 0.15) is 39.2 Å². The number of alkyl halides is 1. The number of nitrogens with one attached hydrogen (secondary N) is 1.